The minimum Gasteiger partial charge on any atom is -0.382 e. The Bertz CT molecular complexity index is 1250. The van der Waals surface area contributed by atoms with E-state index in [0.29, 0.717) is 17.5 Å². The summed E-state index contributed by atoms with van der Waals surface area (Å²) in [6.07, 6.45) is 5.59. The first-order valence-corrected chi connectivity index (χ1v) is 10.0. The van der Waals surface area contributed by atoms with E-state index in [1.165, 1.54) is 11.8 Å². The summed E-state index contributed by atoms with van der Waals surface area (Å²) in [5, 5.41) is 17.5. The minimum absolute atomic E-state index is 0.160. The molecule has 4 rings (SSSR count). The van der Waals surface area contributed by atoms with Gasteiger partial charge in [-0.05, 0) is 24.5 Å². The summed E-state index contributed by atoms with van der Waals surface area (Å²) in [4.78, 5) is 13.4. The van der Waals surface area contributed by atoms with Crippen LogP contribution in [0, 0.1) is 11.3 Å². The largest absolute Gasteiger partial charge is 0.382 e. The molecule has 0 aliphatic rings. The summed E-state index contributed by atoms with van der Waals surface area (Å²) in [7, 11) is 3.88. The van der Waals surface area contributed by atoms with Gasteiger partial charge in [-0.25, -0.2) is 15.0 Å². The van der Waals surface area contributed by atoms with Gasteiger partial charge in [0.05, 0.1) is 29.0 Å². The van der Waals surface area contributed by atoms with Crippen molar-refractivity contribution in [3.8, 4) is 17.3 Å². The molecule has 29 heavy (non-hydrogen) atoms. The summed E-state index contributed by atoms with van der Waals surface area (Å²) in [6, 6.07) is 8.10. The van der Waals surface area contributed by atoms with Gasteiger partial charge in [0.15, 0.2) is 11.0 Å². The molecule has 0 atom stereocenters. The Kier molecular flexibility index (Phi) is 4.82. The van der Waals surface area contributed by atoms with Crippen LogP contribution in [-0.2, 0) is 20.6 Å². The van der Waals surface area contributed by atoms with Gasteiger partial charge >= 0.3 is 0 Å². The Morgan fingerprint density at radius 1 is 1.24 bits per heavy atom. The number of fused-ring (bicyclic) bond motifs is 1. The number of aromatic nitrogens is 6. The van der Waals surface area contributed by atoms with Crippen LogP contribution in [0.3, 0.4) is 0 Å². The number of nitrogens with one attached hydrogen (secondary N) is 1. The fourth-order valence-electron chi connectivity index (χ4n) is 3.17. The van der Waals surface area contributed by atoms with Gasteiger partial charge in [-0.1, -0.05) is 11.8 Å². The van der Waals surface area contributed by atoms with Crippen molar-refractivity contribution in [2.24, 2.45) is 14.1 Å². The van der Waals surface area contributed by atoms with Gasteiger partial charge in [0.1, 0.15) is 17.5 Å². The van der Waals surface area contributed by atoms with E-state index in [1.54, 1.807) is 6.20 Å². The molecule has 0 radical (unpaired) electrons. The summed E-state index contributed by atoms with van der Waals surface area (Å²) < 4.78 is 3.84. The van der Waals surface area contributed by atoms with Gasteiger partial charge in [0, 0.05) is 32.1 Å². The van der Waals surface area contributed by atoms with Crippen molar-refractivity contribution in [1.29, 1.82) is 5.26 Å². The average Bonchev–Trinajstić information content (AvgIpc) is 3.30. The maximum atomic E-state index is 9.46. The molecule has 0 saturated heterocycles. The molecule has 0 aromatic carbocycles. The number of nitrogens with two attached hydrogens (primary N) is 1. The molecule has 4 aromatic rings. The maximum Gasteiger partial charge on any atom is 0.191 e. The Balaban J connectivity index is 1.78. The number of nitrogens with zero attached hydrogens (tertiary/aromatic N) is 7. The molecular formula is C19H19N9S. The number of anilines is 2. The second kappa shape index (κ2) is 7.44. The lowest BCUT2D eigenvalue weighted by Crippen LogP contribution is -2.10. The Morgan fingerprint density at radius 3 is 2.76 bits per heavy atom. The quantitative estimate of drug-likeness (QED) is 0.383. The average molecular weight is 405 g/mol. The molecule has 146 valence electrons. The molecule has 10 heteroatoms. The Hall–Kier alpha value is -3.58. The summed E-state index contributed by atoms with van der Waals surface area (Å²) in [5.41, 5.74) is 10.8. The number of nitriles is 1. The minimum atomic E-state index is 0.160. The van der Waals surface area contributed by atoms with E-state index in [9.17, 15) is 5.26 Å². The lowest BCUT2D eigenvalue weighted by Gasteiger charge is -2.13. The van der Waals surface area contributed by atoms with Crippen molar-refractivity contribution in [2.45, 2.75) is 11.7 Å². The zero-order valence-corrected chi connectivity index (χ0v) is 17.0. The second-order valence-corrected chi connectivity index (χ2v) is 7.21. The molecule has 0 fully saturated rings. The molecular weight excluding hydrogens is 386 g/mol. The number of nitrogen functional groups attached to an aromatic ring is 1. The molecule has 0 amide bonds. The predicted octanol–water partition coefficient (Wildman–Crippen LogP) is 2.55. The van der Waals surface area contributed by atoms with Crippen molar-refractivity contribution < 1.29 is 0 Å². The van der Waals surface area contributed by atoms with Crippen molar-refractivity contribution in [3.05, 3.63) is 41.9 Å². The van der Waals surface area contributed by atoms with E-state index in [0.717, 1.165) is 28.0 Å². The van der Waals surface area contributed by atoms with Gasteiger partial charge in [0.25, 0.3) is 0 Å². The number of hydrogen-bond donors (Lipinski definition) is 2. The predicted molar refractivity (Wildman–Crippen MR) is 113 cm³/mol. The summed E-state index contributed by atoms with van der Waals surface area (Å²) in [5.74, 6) is 0.558. The van der Waals surface area contributed by atoms with Crippen LogP contribution < -0.4 is 11.1 Å². The van der Waals surface area contributed by atoms with Crippen molar-refractivity contribution in [2.75, 3.05) is 17.3 Å². The zero-order valence-electron chi connectivity index (χ0n) is 16.2. The van der Waals surface area contributed by atoms with Gasteiger partial charge in [0.2, 0.25) is 0 Å². The molecule has 9 nitrogen and oxygen atoms in total. The zero-order chi connectivity index (χ0) is 20.5. The highest BCUT2D eigenvalue weighted by atomic mass is 32.2. The van der Waals surface area contributed by atoms with Crippen molar-refractivity contribution in [1.82, 2.24) is 29.3 Å². The van der Waals surface area contributed by atoms with E-state index < -0.39 is 0 Å². The molecule has 0 bridgehead atoms. The van der Waals surface area contributed by atoms with E-state index in [-0.39, 0.29) is 11.4 Å². The second-order valence-electron chi connectivity index (χ2n) is 6.44. The first-order valence-electron chi connectivity index (χ1n) is 8.80. The standard InChI is InChI=1S/C19H19N9S/c1-27-7-5-13-16(27)8-11(15-4-6-23-28(15)2)14(24-13)10-22-18-12(9-20)17(21)25-19(26-18)29-3/h4-8H,10H2,1-3H3,(H3,21,22,25,26). The molecule has 0 aliphatic carbocycles. The molecule has 4 heterocycles. The third-order valence-electron chi connectivity index (χ3n) is 4.68. The lowest BCUT2D eigenvalue weighted by atomic mass is 10.1. The first-order chi connectivity index (χ1) is 14.0. The number of rotatable bonds is 5. The Labute approximate surface area is 171 Å². The number of hydrogen-bond acceptors (Lipinski definition) is 8. The molecule has 0 aliphatic heterocycles. The maximum absolute atomic E-state index is 9.46. The fraction of sp³-hybridized carbons (Fsp3) is 0.211. The smallest absolute Gasteiger partial charge is 0.191 e. The molecule has 0 saturated carbocycles. The third-order valence-corrected chi connectivity index (χ3v) is 5.22. The van der Waals surface area contributed by atoms with Crippen LogP contribution in [0.5, 0.6) is 0 Å². The number of aryl methyl sites for hydroxylation is 2. The van der Waals surface area contributed by atoms with E-state index in [4.69, 9.17) is 10.7 Å². The molecule has 0 spiro atoms. The van der Waals surface area contributed by atoms with Crippen LogP contribution >= 0.6 is 11.8 Å². The van der Waals surface area contributed by atoms with Gasteiger partial charge in [-0.15, -0.1) is 0 Å². The highest BCUT2D eigenvalue weighted by Crippen LogP contribution is 2.28. The normalized spacial score (nSPS) is 11.0. The highest BCUT2D eigenvalue weighted by molar-refractivity contribution is 7.98. The monoisotopic (exact) mass is 405 g/mol. The highest BCUT2D eigenvalue weighted by Gasteiger charge is 2.16. The molecule has 3 N–H and O–H groups in total. The number of pyridine rings is 1. The van der Waals surface area contributed by atoms with Crippen LogP contribution in [0.15, 0.2) is 35.7 Å². The number of thioether (sulfide) groups is 1. The molecule has 4 aromatic heterocycles. The third kappa shape index (κ3) is 3.36. The van der Waals surface area contributed by atoms with E-state index in [2.05, 4.69) is 32.5 Å². The first kappa shape index (κ1) is 18.8. The van der Waals surface area contributed by atoms with Crippen LogP contribution in [0.1, 0.15) is 11.3 Å². The lowest BCUT2D eigenvalue weighted by molar-refractivity contribution is 0.774. The van der Waals surface area contributed by atoms with Crippen LogP contribution in [0.4, 0.5) is 11.6 Å². The van der Waals surface area contributed by atoms with Gasteiger partial charge < -0.3 is 15.6 Å². The van der Waals surface area contributed by atoms with E-state index >= 15 is 0 Å². The van der Waals surface area contributed by atoms with Gasteiger partial charge in [-0.3, -0.25) is 4.68 Å². The Morgan fingerprint density at radius 2 is 2.07 bits per heavy atom. The van der Waals surface area contributed by atoms with Gasteiger partial charge in [-0.2, -0.15) is 10.4 Å². The van der Waals surface area contributed by atoms with Crippen LogP contribution in [-0.4, -0.2) is 35.6 Å². The van der Waals surface area contributed by atoms with Crippen LogP contribution in [0.2, 0.25) is 0 Å². The summed E-state index contributed by atoms with van der Waals surface area (Å²) >= 11 is 1.36. The topological polar surface area (TPSA) is 123 Å². The van der Waals surface area contributed by atoms with Crippen molar-refractivity contribution >= 4 is 34.4 Å². The van der Waals surface area contributed by atoms with Crippen molar-refractivity contribution in [3.63, 3.8) is 0 Å². The summed E-state index contributed by atoms with van der Waals surface area (Å²) in [6.45, 7) is 0.365. The molecule has 0 unspecified atom stereocenters. The SMILES string of the molecule is CSc1nc(N)c(C#N)c(NCc2nc3ccn(C)c3cc2-c2ccnn2C)n1. The van der Waals surface area contributed by atoms with Crippen LogP contribution in [0.25, 0.3) is 22.3 Å². The fourth-order valence-corrected chi connectivity index (χ4v) is 3.55. The van der Waals surface area contributed by atoms with E-state index in [1.807, 2.05) is 47.9 Å².